The van der Waals surface area contributed by atoms with E-state index in [-0.39, 0.29) is 42.3 Å². The fraction of sp³-hybridized carbons (Fsp3) is 0.786. The van der Waals surface area contributed by atoms with Gasteiger partial charge >= 0.3 is 5.97 Å². The van der Waals surface area contributed by atoms with Gasteiger partial charge in [0.1, 0.15) is 0 Å². The van der Waals surface area contributed by atoms with E-state index >= 15 is 0 Å². The number of hydrogen-bond donors (Lipinski definition) is 1. The van der Waals surface area contributed by atoms with E-state index in [0.29, 0.717) is 19.4 Å². The number of likely N-dealkylation sites (tertiary alicyclic amines) is 1. The summed E-state index contributed by atoms with van der Waals surface area (Å²) in [5, 5.41) is 8.55. The standard InChI is InChI=1S/C14H19NO5/c16-10(17)4-2-1-3-7-15-13(18)11-8-5-6-9(20-8)12(11)14(15)19/h8-9,11-12H,1-7H2,(H,16,17)/t8-,9+,11+,12-. The number of carboxylic acid groups (broad SMARTS) is 1. The van der Waals surface area contributed by atoms with Crippen molar-refractivity contribution in [1.29, 1.82) is 0 Å². The molecular weight excluding hydrogens is 262 g/mol. The van der Waals surface area contributed by atoms with Crippen LogP contribution in [0.25, 0.3) is 0 Å². The second-order valence-electron chi connectivity index (χ2n) is 5.87. The van der Waals surface area contributed by atoms with Crippen molar-refractivity contribution in [2.75, 3.05) is 6.54 Å². The van der Waals surface area contributed by atoms with Crippen LogP contribution in [0.3, 0.4) is 0 Å². The zero-order valence-corrected chi connectivity index (χ0v) is 11.3. The van der Waals surface area contributed by atoms with Crippen LogP contribution in [0.5, 0.6) is 0 Å². The predicted octanol–water partition coefficient (Wildman–Crippen LogP) is 0.794. The number of nitrogens with zero attached hydrogens (tertiary/aromatic N) is 1. The molecule has 0 spiro atoms. The maximum Gasteiger partial charge on any atom is 0.303 e. The molecule has 1 N–H and O–H groups in total. The maximum absolute atomic E-state index is 12.3. The van der Waals surface area contributed by atoms with Crippen molar-refractivity contribution < 1.29 is 24.2 Å². The van der Waals surface area contributed by atoms with Crippen LogP contribution in [-0.2, 0) is 19.1 Å². The van der Waals surface area contributed by atoms with Crippen LogP contribution in [0.4, 0.5) is 0 Å². The van der Waals surface area contributed by atoms with Crippen molar-refractivity contribution in [3.63, 3.8) is 0 Å². The quantitative estimate of drug-likeness (QED) is 0.575. The second-order valence-corrected chi connectivity index (χ2v) is 5.87. The molecule has 20 heavy (non-hydrogen) atoms. The van der Waals surface area contributed by atoms with Crippen molar-refractivity contribution in [3.05, 3.63) is 0 Å². The summed E-state index contributed by atoms with van der Waals surface area (Å²) in [5.74, 6) is -1.46. The van der Waals surface area contributed by atoms with E-state index in [9.17, 15) is 14.4 Å². The summed E-state index contributed by atoms with van der Waals surface area (Å²) in [6.45, 7) is 0.420. The summed E-state index contributed by atoms with van der Waals surface area (Å²) < 4.78 is 5.66. The Balaban J connectivity index is 1.52. The Morgan fingerprint density at radius 1 is 1.10 bits per heavy atom. The van der Waals surface area contributed by atoms with Gasteiger partial charge in [-0.25, -0.2) is 0 Å². The SMILES string of the molecule is O=C(O)CCCCCN1C(=O)[C@@H]2[C@H](C1=O)[C@@H]1CC[C@H]2O1. The molecule has 4 atom stereocenters. The fourth-order valence-corrected chi connectivity index (χ4v) is 3.72. The lowest BCUT2D eigenvalue weighted by atomic mass is 9.81. The van der Waals surface area contributed by atoms with Gasteiger partial charge in [-0.15, -0.1) is 0 Å². The number of unbranched alkanes of at least 4 members (excludes halogenated alkanes) is 2. The number of rotatable bonds is 6. The third kappa shape index (κ3) is 2.12. The van der Waals surface area contributed by atoms with Gasteiger partial charge in [-0.1, -0.05) is 6.42 Å². The van der Waals surface area contributed by atoms with Gasteiger partial charge in [-0.05, 0) is 25.7 Å². The molecule has 0 aliphatic carbocycles. The van der Waals surface area contributed by atoms with Crippen molar-refractivity contribution in [2.24, 2.45) is 11.8 Å². The number of amides is 2. The van der Waals surface area contributed by atoms with Crippen molar-refractivity contribution >= 4 is 17.8 Å². The zero-order valence-electron chi connectivity index (χ0n) is 11.3. The van der Waals surface area contributed by atoms with Gasteiger partial charge in [0.15, 0.2) is 0 Å². The van der Waals surface area contributed by atoms with E-state index in [1.54, 1.807) is 0 Å². The van der Waals surface area contributed by atoms with E-state index in [1.165, 1.54) is 4.90 Å². The number of imide groups is 1. The van der Waals surface area contributed by atoms with Crippen LogP contribution in [0.1, 0.15) is 38.5 Å². The molecule has 3 aliphatic heterocycles. The number of hydrogen-bond acceptors (Lipinski definition) is 4. The second kappa shape index (κ2) is 5.16. The van der Waals surface area contributed by atoms with Crippen LogP contribution in [0.2, 0.25) is 0 Å². The summed E-state index contributed by atoms with van der Waals surface area (Å²) in [4.78, 5) is 36.4. The number of fused-ring (bicyclic) bond motifs is 5. The van der Waals surface area contributed by atoms with Crippen LogP contribution in [0.15, 0.2) is 0 Å². The smallest absolute Gasteiger partial charge is 0.303 e. The van der Waals surface area contributed by atoms with E-state index in [2.05, 4.69) is 0 Å². The highest BCUT2D eigenvalue weighted by molar-refractivity contribution is 6.06. The largest absolute Gasteiger partial charge is 0.481 e. The first-order chi connectivity index (χ1) is 9.59. The minimum atomic E-state index is -0.804. The third-order valence-corrected chi connectivity index (χ3v) is 4.65. The van der Waals surface area contributed by atoms with Gasteiger partial charge in [0, 0.05) is 13.0 Å². The lowest BCUT2D eigenvalue weighted by Crippen LogP contribution is -2.35. The summed E-state index contributed by atoms with van der Waals surface area (Å²) in [6.07, 6.45) is 3.80. The topological polar surface area (TPSA) is 83.9 Å². The molecule has 0 unspecified atom stereocenters. The molecule has 0 radical (unpaired) electrons. The first-order valence-electron chi connectivity index (χ1n) is 7.32. The number of carbonyl (C=O) groups excluding carboxylic acids is 2. The van der Waals surface area contributed by atoms with Gasteiger partial charge in [-0.3, -0.25) is 19.3 Å². The van der Waals surface area contributed by atoms with E-state index in [4.69, 9.17) is 9.84 Å². The van der Waals surface area contributed by atoms with Gasteiger partial charge in [0.05, 0.1) is 24.0 Å². The molecule has 110 valence electrons. The lowest BCUT2D eigenvalue weighted by Gasteiger charge is -2.17. The Labute approximate surface area is 117 Å². The van der Waals surface area contributed by atoms with Crippen molar-refractivity contribution in [1.82, 2.24) is 4.90 Å². The number of aliphatic carboxylic acids is 1. The zero-order chi connectivity index (χ0) is 14.3. The molecular formula is C14H19NO5. The minimum Gasteiger partial charge on any atom is -0.481 e. The van der Waals surface area contributed by atoms with Gasteiger partial charge in [0.25, 0.3) is 0 Å². The Morgan fingerprint density at radius 3 is 2.25 bits per heavy atom. The molecule has 6 nitrogen and oxygen atoms in total. The summed E-state index contributed by atoms with van der Waals surface area (Å²) in [5.41, 5.74) is 0. The minimum absolute atomic E-state index is 0.0570. The van der Waals surface area contributed by atoms with E-state index in [0.717, 1.165) is 19.3 Å². The molecule has 3 fully saturated rings. The highest BCUT2D eigenvalue weighted by Gasteiger charge is 2.62. The molecule has 0 saturated carbocycles. The molecule has 3 saturated heterocycles. The number of carboxylic acids is 1. The molecule has 2 amide bonds. The maximum atomic E-state index is 12.3. The van der Waals surface area contributed by atoms with E-state index < -0.39 is 5.97 Å². The van der Waals surface area contributed by atoms with Crippen molar-refractivity contribution in [2.45, 2.75) is 50.7 Å². The first kappa shape index (κ1) is 13.5. The third-order valence-electron chi connectivity index (χ3n) is 4.65. The Kier molecular flexibility index (Phi) is 3.50. The fourth-order valence-electron chi connectivity index (χ4n) is 3.72. The number of carbonyl (C=O) groups is 3. The van der Waals surface area contributed by atoms with Gasteiger partial charge in [-0.2, -0.15) is 0 Å². The van der Waals surface area contributed by atoms with Gasteiger partial charge in [0.2, 0.25) is 11.8 Å². The predicted molar refractivity (Wildman–Crippen MR) is 67.7 cm³/mol. The van der Waals surface area contributed by atoms with Crippen LogP contribution in [-0.4, -0.2) is 46.5 Å². The van der Waals surface area contributed by atoms with Gasteiger partial charge < -0.3 is 9.84 Å². The lowest BCUT2D eigenvalue weighted by molar-refractivity contribution is -0.143. The molecule has 3 aliphatic rings. The first-order valence-corrected chi connectivity index (χ1v) is 7.32. The van der Waals surface area contributed by atoms with Crippen LogP contribution in [0, 0.1) is 11.8 Å². The Bertz CT molecular complexity index is 421. The molecule has 2 bridgehead atoms. The molecule has 0 aromatic heterocycles. The molecule has 3 heterocycles. The average Bonchev–Trinajstić information content (AvgIpc) is 3.06. The highest BCUT2D eigenvalue weighted by atomic mass is 16.5. The van der Waals surface area contributed by atoms with Crippen LogP contribution < -0.4 is 0 Å². The Hall–Kier alpha value is -1.43. The summed E-state index contributed by atoms with van der Waals surface area (Å²) >= 11 is 0. The van der Waals surface area contributed by atoms with E-state index in [1.807, 2.05) is 0 Å². The highest BCUT2D eigenvalue weighted by Crippen LogP contribution is 2.48. The molecule has 6 heteroatoms. The molecule has 3 rings (SSSR count). The molecule has 0 aromatic rings. The summed E-state index contributed by atoms with van der Waals surface area (Å²) in [7, 11) is 0. The van der Waals surface area contributed by atoms with Crippen molar-refractivity contribution in [3.8, 4) is 0 Å². The number of ether oxygens (including phenoxy) is 1. The normalized spacial score (nSPS) is 34.9. The Morgan fingerprint density at radius 2 is 1.70 bits per heavy atom. The molecule has 0 aromatic carbocycles. The monoisotopic (exact) mass is 281 g/mol. The average molecular weight is 281 g/mol. The summed E-state index contributed by atoms with van der Waals surface area (Å²) in [6, 6.07) is 0. The van der Waals surface area contributed by atoms with Crippen LogP contribution >= 0.6 is 0 Å².